The second-order valence-electron chi connectivity index (χ2n) is 2.39. The minimum absolute atomic E-state index is 0.0610. The first-order valence-electron chi connectivity index (χ1n) is 4.24. The van der Waals surface area contributed by atoms with E-state index in [1.165, 1.54) is 0 Å². The molecule has 6 heteroatoms. The number of esters is 2. The van der Waals surface area contributed by atoms with Gasteiger partial charge in [-0.15, -0.1) is 0 Å². The molecule has 2 N–H and O–H groups in total. The lowest BCUT2D eigenvalue weighted by atomic mass is 10.2. The highest BCUT2D eigenvalue weighted by atomic mass is 16.6. The van der Waals surface area contributed by atoms with Crippen LogP contribution in [0.25, 0.3) is 0 Å². The summed E-state index contributed by atoms with van der Waals surface area (Å²) in [6.07, 6.45) is -3.79. The molecule has 0 aliphatic rings. The second kappa shape index (κ2) is 6.33. The molecule has 0 radical (unpaired) electrons. The smallest absolute Gasteiger partial charge is 0.338 e. The van der Waals surface area contributed by atoms with E-state index in [4.69, 9.17) is 10.2 Å². The average Bonchev–Trinajstić information content (AvgIpc) is 2.16. The van der Waals surface area contributed by atoms with Crippen molar-refractivity contribution in [2.45, 2.75) is 26.1 Å². The first kappa shape index (κ1) is 12.9. The molecule has 82 valence electrons. The Morgan fingerprint density at radius 2 is 1.29 bits per heavy atom. The number of rotatable bonds is 5. The third-order valence-corrected chi connectivity index (χ3v) is 1.36. The van der Waals surface area contributed by atoms with E-state index < -0.39 is 24.1 Å². The van der Waals surface area contributed by atoms with E-state index in [2.05, 4.69) is 9.47 Å². The van der Waals surface area contributed by atoms with Gasteiger partial charge in [0.15, 0.2) is 12.2 Å². The van der Waals surface area contributed by atoms with E-state index in [1.807, 2.05) is 0 Å². The summed E-state index contributed by atoms with van der Waals surface area (Å²) >= 11 is 0. The standard InChI is InChI=1S/C8H14O6/c1-3-13-7(11)5(9)6(10)8(12)14-4-2/h5-6,9-10H,3-4H2,1-2H3/t5-,6?/m1/s1. The summed E-state index contributed by atoms with van der Waals surface area (Å²) in [5.41, 5.74) is 0. The first-order chi connectivity index (χ1) is 6.54. The molecule has 0 aliphatic carbocycles. The molecule has 0 aliphatic heterocycles. The van der Waals surface area contributed by atoms with Crippen LogP contribution in [0.1, 0.15) is 13.8 Å². The molecular weight excluding hydrogens is 192 g/mol. The molecule has 14 heavy (non-hydrogen) atoms. The zero-order valence-electron chi connectivity index (χ0n) is 8.10. The van der Waals surface area contributed by atoms with E-state index in [1.54, 1.807) is 13.8 Å². The third-order valence-electron chi connectivity index (χ3n) is 1.36. The third kappa shape index (κ3) is 3.71. The highest BCUT2D eigenvalue weighted by molar-refractivity contribution is 5.85. The van der Waals surface area contributed by atoms with Crippen LogP contribution in [0.4, 0.5) is 0 Å². The molecule has 0 saturated heterocycles. The molecule has 1 unspecified atom stereocenters. The first-order valence-corrected chi connectivity index (χ1v) is 4.24. The predicted octanol–water partition coefficient (Wildman–Crippen LogP) is -1.17. The predicted molar refractivity (Wildman–Crippen MR) is 45.3 cm³/mol. The average molecular weight is 206 g/mol. The van der Waals surface area contributed by atoms with Crippen LogP contribution in [0.2, 0.25) is 0 Å². The Labute approximate surface area is 81.4 Å². The lowest BCUT2D eigenvalue weighted by molar-refractivity contribution is -0.172. The topological polar surface area (TPSA) is 93.1 Å². The molecule has 0 saturated carbocycles. The highest BCUT2D eigenvalue weighted by Gasteiger charge is 2.32. The number of ether oxygens (including phenoxy) is 2. The van der Waals surface area contributed by atoms with E-state index in [-0.39, 0.29) is 13.2 Å². The van der Waals surface area contributed by atoms with Crippen LogP contribution in [0.3, 0.4) is 0 Å². The van der Waals surface area contributed by atoms with Gasteiger partial charge in [-0.05, 0) is 13.8 Å². The number of hydrogen-bond donors (Lipinski definition) is 2. The van der Waals surface area contributed by atoms with Crippen LogP contribution < -0.4 is 0 Å². The van der Waals surface area contributed by atoms with Gasteiger partial charge in [-0.2, -0.15) is 0 Å². The van der Waals surface area contributed by atoms with Gasteiger partial charge >= 0.3 is 11.9 Å². The maximum Gasteiger partial charge on any atom is 0.338 e. The molecule has 0 amide bonds. The fraction of sp³-hybridized carbons (Fsp3) is 0.750. The van der Waals surface area contributed by atoms with Crippen LogP contribution >= 0.6 is 0 Å². The molecular formula is C8H14O6. The minimum atomic E-state index is -1.89. The SMILES string of the molecule is CCOC(=O)C(O)[C@@H](O)C(=O)OCC. The molecule has 0 heterocycles. The Kier molecular flexibility index (Phi) is 5.82. The van der Waals surface area contributed by atoms with Crippen LogP contribution in [0, 0.1) is 0 Å². The molecule has 0 aromatic heterocycles. The van der Waals surface area contributed by atoms with Crippen molar-refractivity contribution >= 4 is 11.9 Å². The monoisotopic (exact) mass is 206 g/mol. The lowest BCUT2D eigenvalue weighted by Gasteiger charge is -2.14. The Bertz CT molecular complexity index is 180. The largest absolute Gasteiger partial charge is 0.464 e. The molecule has 0 bridgehead atoms. The van der Waals surface area contributed by atoms with Gasteiger partial charge in [-0.1, -0.05) is 0 Å². The van der Waals surface area contributed by atoms with Gasteiger partial charge in [0.25, 0.3) is 0 Å². The van der Waals surface area contributed by atoms with E-state index in [0.29, 0.717) is 0 Å². The molecule has 0 fully saturated rings. The van der Waals surface area contributed by atoms with Crippen molar-refractivity contribution in [2.24, 2.45) is 0 Å². The van der Waals surface area contributed by atoms with E-state index in [9.17, 15) is 9.59 Å². The summed E-state index contributed by atoms with van der Waals surface area (Å²) in [5.74, 6) is -2.10. The number of hydrogen-bond acceptors (Lipinski definition) is 6. The number of aliphatic hydroxyl groups excluding tert-OH is 2. The summed E-state index contributed by atoms with van der Waals surface area (Å²) in [4.78, 5) is 21.7. The maximum absolute atomic E-state index is 10.9. The summed E-state index contributed by atoms with van der Waals surface area (Å²) in [6, 6.07) is 0. The van der Waals surface area contributed by atoms with Gasteiger partial charge in [0, 0.05) is 0 Å². The lowest BCUT2D eigenvalue weighted by Crippen LogP contribution is -2.41. The van der Waals surface area contributed by atoms with E-state index >= 15 is 0 Å². The Balaban J connectivity index is 4.16. The van der Waals surface area contributed by atoms with Gasteiger partial charge in [-0.3, -0.25) is 0 Å². The van der Waals surface area contributed by atoms with Crippen molar-refractivity contribution in [2.75, 3.05) is 13.2 Å². The van der Waals surface area contributed by atoms with Crippen LogP contribution in [0.5, 0.6) is 0 Å². The quantitative estimate of drug-likeness (QED) is 0.551. The minimum Gasteiger partial charge on any atom is -0.464 e. The summed E-state index contributed by atoms with van der Waals surface area (Å²) in [5, 5.41) is 18.2. The van der Waals surface area contributed by atoms with Gasteiger partial charge in [0.2, 0.25) is 0 Å². The fourth-order valence-corrected chi connectivity index (χ4v) is 0.713. The van der Waals surface area contributed by atoms with Crippen molar-refractivity contribution in [1.29, 1.82) is 0 Å². The molecule has 0 aromatic carbocycles. The Morgan fingerprint density at radius 1 is 1.00 bits per heavy atom. The highest BCUT2D eigenvalue weighted by Crippen LogP contribution is 1.99. The van der Waals surface area contributed by atoms with Crippen molar-refractivity contribution in [3.63, 3.8) is 0 Å². The maximum atomic E-state index is 10.9. The zero-order chi connectivity index (χ0) is 11.1. The number of carbonyl (C=O) groups excluding carboxylic acids is 2. The van der Waals surface area contributed by atoms with Crippen LogP contribution in [-0.4, -0.2) is 47.6 Å². The zero-order valence-corrected chi connectivity index (χ0v) is 8.10. The summed E-state index contributed by atoms with van der Waals surface area (Å²) < 4.78 is 8.79. The number of carbonyl (C=O) groups is 2. The summed E-state index contributed by atoms with van der Waals surface area (Å²) in [6.45, 7) is 3.21. The van der Waals surface area contributed by atoms with Crippen molar-refractivity contribution in [1.82, 2.24) is 0 Å². The Morgan fingerprint density at radius 3 is 1.50 bits per heavy atom. The van der Waals surface area contributed by atoms with Gasteiger partial charge in [0.1, 0.15) is 0 Å². The number of aliphatic hydroxyl groups is 2. The normalized spacial score (nSPS) is 14.3. The van der Waals surface area contributed by atoms with Gasteiger partial charge in [-0.25, -0.2) is 9.59 Å². The van der Waals surface area contributed by atoms with Crippen molar-refractivity contribution in [3.8, 4) is 0 Å². The van der Waals surface area contributed by atoms with Gasteiger partial charge < -0.3 is 19.7 Å². The van der Waals surface area contributed by atoms with Crippen molar-refractivity contribution < 1.29 is 29.3 Å². The van der Waals surface area contributed by atoms with Crippen molar-refractivity contribution in [3.05, 3.63) is 0 Å². The molecule has 6 nitrogen and oxygen atoms in total. The summed E-state index contributed by atoms with van der Waals surface area (Å²) in [7, 11) is 0. The van der Waals surface area contributed by atoms with Crippen LogP contribution in [0.15, 0.2) is 0 Å². The molecule has 0 aromatic rings. The van der Waals surface area contributed by atoms with Gasteiger partial charge in [0.05, 0.1) is 13.2 Å². The Hall–Kier alpha value is -1.14. The van der Waals surface area contributed by atoms with E-state index in [0.717, 1.165) is 0 Å². The molecule has 2 atom stereocenters. The second-order valence-corrected chi connectivity index (χ2v) is 2.39. The molecule has 0 spiro atoms. The molecule has 0 rings (SSSR count). The van der Waals surface area contributed by atoms with Crippen LogP contribution in [-0.2, 0) is 19.1 Å². The fourth-order valence-electron chi connectivity index (χ4n) is 0.713.